The van der Waals surface area contributed by atoms with Crippen molar-refractivity contribution in [1.29, 1.82) is 0 Å². The highest BCUT2D eigenvalue weighted by atomic mass is 35.5. The number of aromatic nitrogens is 3. The molecule has 3 N–H and O–H groups in total. The minimum absolute atomic E-state index is 0.414. The molecule has 0 unspecified atom stereocenters. The lowest BCUT2D eigenvalue weighted by molar-refractivity contribution is 0.394. The van der Waals surface area contributed by atoms with Crippen LogP contribution < -0.4 is 19.9 Å². The van der Waals surface area contributed by atoms with Crippen molar-refractivity contribution in [3.05, 3.63) is 35.4 Å². The highest BCUT2D eigenvalue weighted by Gasteiger charge is 2.15. The van der Waals surface area contributed by atoms with Crippen molar-refractivity contribution >= 4 is 17.3 Å². The molecule has 0 aliphatic heterocycles. The molecule has 130 valence electrons. The van der Waals surface area contributed by atoms with Crippen LogP contribution in [0.4, 0.5) is 5.69 Å². The monoisotopic (exact) mass is 360 g/mol. The van der Waals surface area contributed by atoms with Gasteiger partial charge in [-0.2, -0.15) is 5.10 Å². The molecule has 0 atom stereocenters. The molecule has 7 nitrogen and oxygen atoms in total. The first kappa shape index (κ1) is 16.9. The van der Waals surface area contributed by atoms with Crippen LogP contribution in [0, 0.1) is 0 Å². The summed E-state index contributed by atoms with van der Waals surface area (Å²) in [5, 5.41) is 7.57. The first-order valence-electron chi connectivity index (χ1n) is 7.35. The van der Waals surface area contributed by atoms with Crippen molar-refractivity contribution in [3.8, 4) is 40.0 Å². The molecule has 0 saturated carbocycles. The number of anilines is 1. The predicted molar refractivity (Wildman–Crippen MR) is 96.3 cm³/mol. The topological polar surface area (TPSA) is 95.3 Å². The van der Waals surface area contributed by atoms with E-state index in [-0.39, 0.29) is 0 Å². The van der Waals surface area contributed by atoms with Gasteiger partial charge in [-0.05, 0) is 18.2 Å². The van der Waals surface area contributed by atoms with Gasteiger partial charge >= 0.3 is 0 Å². The fourth-order valence-corrected chi connectivity index (χ4v) is 2.53. The highest BCUT2D eigenvalue weighted by molar-refractivity contribution is 6.33. The number of nitrogen functional groups attached to an aromatic ring is 1. The molecule has 2 aromatic carbocycles. The van der Waals surface area contributed by atoms with Crippen LogP contribution in [0.15, 0.2) is 30.3 Å². The van der Waals surface area contributed by atoms with E-state index in [2.05, 4.69) is 15.2 Å². The van der Waals surface area contributed by atoms with Crippen molar-refractivity contribution in [2.24, 2.45) is 0 Å². The van der Waals surface area contributed by atoms with Gasteiger partial charge in [0.25, 0.3) is 0 Å². The Morgan fingerprint density at radius 2 is 1.64 bits per heavy atom. The molecule has 0 bridgehead atoms. The Labute approximate surface area is 149 Å². The largest absolute Gasteiger partial charge is 0.497 e. The molecule has 0 radical (unpaired) electrons. The van der Waals surface area contributed by atoms with Gasteiger partial charge in [0, 0.05) is 17.7 Å². The quantitative estimate of drug-likeness (QED) is 0.677. The molecule has 0 saturated heterocycles. The number of H-pyrrole nitrogens is 1. The maximum atomic E-state index is 6.12. The molecule has 0 fully saturated rings. The molecule has 3 rings (SSSR count). The summed E-state index contributed by atoms with van der Waals surface area (Å²) in [7, 11) is 4.72. The van der Waals surface area contributed by atoms with Crippen molar-refractivity contribution in [1.82, 2.24) is 15.2 Å². The van der Waals surface area contributed by atoms with Crippen LogP contribution in [0.5, 0.6) is 17.2 Å². The maximum absolute atomic E-state index is 6.12. The molecule has 1 aromatic heterocycles. The molecule has 8 heteroatoms. The summed E-state index contributed by atoms with van der Waals surface area (Å²) in [6, 6.07) is 8.76. The Hall–Kier alpha value is -2.93. The van der Waals surface area contributed by atoms with Crippen LogP contribution >= 0.6 is 11.6 Å². The number of hydrogen-bond donors (Lipinski definition) is 2. The highest BCUT2D eigenvalue weighted by Crippen LogP contribution is 2.35. The Kier molecular flexibility index (Phi) is 4.67. The molecular formula is C17H17ClN4O3. The van der Waals surface area contributed by atoms with E-state index in [9.17, 15) is 0 Å². The van der Waals surface area contributed by atoms with Gasteiger partial charge in [0.05, 0.1) is 37.6 Å². The van der Waals surface area contributed by atoms with E-state index in [0.717, 1.165) is 5.56 Å². The number of halogens is 1. The normalized spacial score (nSPS) is 10.6. The third-order valence-electron chi connectivity index (χ3n) is 3.67. The molecule has 0 amide bonds. The van der Waals surface area contributed by atoms with Gasteiger partial charge in [-0.15, -0.1) is 0 Å². The molecular weight excluding hydrogens is 344 g/mol. The lowest BCUT2D eigenvalue weighted by Gasteiger charge is -2.08. The fraction of sp³-hybridized carbons (Fsp3) is 0.176. The predicted octanol–water partition coefficient (Wildman–Crippen LogP) is 3.40. The number of nitrogens with zero attached hydrogens (tertiary/aromatic N) is 2. The van der Waals surface area contributed by atoms with Gasteiger partial charge in [0.15, 0.2) is 11.6 Å². The zero-order valence-corrected chi connectivity index (χ0v) is 14.7. The number of hydrogen-bond acceptors (Lipinski definition) is 6. The second-order valence-corrected chi connectivity index (χ2v) is 5.59. The number of nitrogens with one attached hydrogen (secondary N) is 1. The van der Waals surface area contributed by atoms with Gasteiger partial charge in [0.1, 0.15) is 17.2 Å². The second-order valence-electron chi connectivity index (χ2n) is 5.18. The number of benzene rings is 2. The number of nitrogens with two attached hydrogens (primary N) is 1. The number of methoxy groups -OCH3 is 3. The third-order valence-corrected chi connectivity index (χ3v) is 4.00. The van der Waals surface area contributed by atoms with Crippen LogP contribution in [-0.2, 0) is 0 Å². The van der Waals surface area contributed by atoms with Crippen LogP contribution in [0.2, 0.25) is 5.02 Å². The van der Waals surface area contributed by atoms with E-state index in [0.29, 0.717) is 45.2 Å². The van der Waals surface area contributed by atoms with Gasteiger partial charge in [0.2, 0.25) is 0 Å². The lowest BCUT2D eigenvalue weighted by Crippen LogP contribution is -1.94. The Bertz CT molecular complexity index is 889. The number of rotatable bonds is 5. The average Bonchev–Trinajstić information content (AvgIpc) is 3.13. The Morgan fingerprint density at radius 3 is 2.24 bits per heavy atom. The number of ether oxygens (including phenoxy) is 3. The second kappa shape index (κ2) is 6.90. The summed E-state index contributed by atoms with van der Waals surface area (Å²) in [5.41, 5.74) is 7.66. The van der Waals surface area contributed by atoms with Crippen LogP contribution in [-0.4, -0.2) is 36.5 Å². The van der Waals surface area contributed by atoms with Crippen LogP contribution in [0.3, 0.4) is 0 Å². The summed E-state index contributed by atoms with van der Waals surface area (Å²) < 4.78 is 15.9. The minimum Gasteiger partial charge on any atom is -0.497 e. The van der Waals surface area contributed by atoms with Crippen molar-refractivity contribution in [2.75, 3.05) is 27.1 Å². The summed E-state index contributed by atoms with van der Waals surface area (Å²) in [5.74, 6) is 2.84. The van der Waals surface area contributed by atoms with Gasteiger partial charge in [-0.3, -0.25) is 5.10 Å². The van der Waals surface area contributed by atoms with E-state index in [1.165, 1.54) is 0 Å². The maximum Gasteiger partial charge on any atom is 0.181 e. The van der Waals surface area contributed by atoms with E-state index in [4.69, 9.17) is 31.5 Å². The molecule has 3 aromatic rings. The molecule has 25 heavy (non-hydrogen) atoms. The van der Waals surface area contributed by atoms with Gasteiger partial charge < -0.3 is 19.9 Å². The minimum atomic E-state index is 0.414. The lowest BCUT2D eigenvalue weighted by atomic mass is 10.1. The van der Waals surface area contributed by atoms with Gasteiger partial charge in [-0.25, -0.2) is 4.98 Å². The standard InChI is InChI=1S/C17H17ClN4O3/c1-23-10-4-9(5-11(6-10)24-2)16-20-17(22-21-16)12-7-13(18)14(19)8-15(12)25-3/h4-8H,19H2,1-3H3,(H,20,21,22). The summed E-state index contributed by atoms with van der Waals surface area (Å²) in [6.45, 7) is 0. The van der Waals surface area contributed by atoms with Crippen molar-refractivity contribution < 1.29 is 14.2 Å². The van der Waals surface area contributed by atoms with E-state index in [1.807, 2.05) is 12.1 Å². The van der Waals surface area contributed by atoms with E-state index in [1.54, 1.807) is 39.5 Å². The van der Waals surface area contributed by atoms with Crippen molar-refractivity contribution in [2.45, 2.75) is 0 Å². The summed E-state index contributed by atoms with van der Waals surface area (Å²) in [6.07, 6.45) is 0. The summed E-state index contributed by atoms with van der Waals surface area (Å²) >= 11 is 6.12. The molecule has 0 spiro atoms. The van der Waals surface area contributed by atoms with Crippen molar-refractivity contribution in [3.63, 3.8) is 0 Å². The zero-order chi connectivity index (χ0) is 18.0. The Balaban J connectivity index is 2.06. The first-order chi connectivity index (χ1) is 12.0. The van der Waals surface area contributed by atoms with Crippen LogP contribution in [0.25, 0.3) is 22.8 Å². The molecule has 0 aliphatic rings. The van der Waals surface area contributed by atoms with Gasteiger partial charge in [-0.1, -0.05) is 11.6 Å². The Morgan fingerprint density at radius 1 is 0.960 bits per heavy atom. The van der Waals surface area contributed by atoms with Crippen LogP contribution in [0.1, 0.15) is 0 Å². The first-order valence-corrected chi connectivity index (χ1v) is 7.72. The smallest absolute Gasteiger partial charge is 0.181 e. The van der Waals surface area contributed by atoms with E-state index >= 15 is 0 Å². The zero-order valence-electron chi connectivity index (χ0n) is 14.0. The SMILES string of the molecule is COc1cc(OC)cc(-c2n[nH]c(-c3cc(Cl)c(N)cc3OC)n2)c1. The average molecular weight is 361 g/mol. The molecule has 0 aliphatic carbocycles. The van der Waals surface area contributed by atoms with E-state index < -0.39 is 0 Å². The number of aromatic amines is 1. The summed E-state index contributed by atoms with van der Waals surface area (Å²) in [4.78, 5) is 4.52. The third kappa shape index (κ3) is 3.32. The molecule has 1 heterocycles. The fourth-order valence-electron chi connectivity index (χ4n) is 2.37.